The highest BCUT2D eigenvalue weighted by molar-refractivity contribution is 5.38. The van der Waals surface area contributed by atoms with Crippen LogP contribution in [-0.4, -0.2) is 11.7 Å². The Labute approximate surface area is 103 Å². The summed E-state index contributed by atoms with van der Waals surface area (Å²) in [7, 11) is 0. The maximum absolute atomic E-state index is 9.65. The molecule has 0 aliphatic heterocycles. The molecule has 0 radical (unpaired) electrons. The monoisotopic (exact) mass is 233 g/mol. The fourth-order valence-corrected chi connectivity index (χ4v) is 1.61. The summed E-state index contributed by atoms with van der Waals surface area (Å²) in [4.78, 5) is 0. The van der Waals surface area contributed by atoms with Crippen LogP contribution in [0.5, 0.6) is 5.75 Å². The first kappa shape index (κ1) is 13.5. The number of nitrogens with zero attached hydrogens (tertiary/aromatic N) is 1. The fourth-order valence-electron chi connectivity index (χ4n) is 1.61. The van der Waals surface area contributed by atoms with Crippen molar-refractivity contribution in [3.63, 3.8) is 0 Å². The van der Waals surface area contributed by atoms with Crippen LogP contribution in [-0.2, 0) is 0 Å². The van der Waals surface area contributed by atoms with E-state index in [0.29, 0.717) is 13.0 Å². The second-order valence-electron chi connectivity index (χ2n) is 4.18. The quantitative estimate of drug-likeness (QED) is 0.768. The van der Waals surface area contributed by atoms with E-state index in [1.165, 1.54) is 0 Å². The maximum Gasteiger partial charge on any atom is 0.125 e. The van der Waals surface area contributed by atoms with E-state index in [-0.39, 0.29) is 0 Å². The number of hydrogen-bond donors (Lipinski definition) is 1. The second kappa shape index (κ2) is 6.93. The number of unbranched alkanes of at least 4 members (excludes halogenated alkanes) is 2. The molecule has 0 aliphatic carbocycles. The SMILES string of the molecule is Cc1ccc(OCCCCC#N)c(C(C)O)c1. The first-order valence-electron chi connectivity index (χ1n) is 5.93. The molecule has 1 rings (SSSR count). The van der Waals surface area contributed by atoms with E-state index in [1.54, 1.807) is 6.92 Å². The van der Waals surface area contributed by atoms with Gasteiger partial charge in [0.25, 0.3) is 0 Å². The summed E-state index contributed by atoms with van der Waals surface area (Å²) in [5.41, 5.74) is 1.93. The summed E-state index contributed by atoms with van der Waals surface area (Å²) in [5.74, 6) is 0.738. The molecular formula is C14H19NO2. The molecule has 3 nitrogen and oxygen atoms in total. The summed E-state index contributed by atoms with van der Waals surface area (Å²) in [6.45, 7) is 4.31. The minimum absolute atomic E-state index is 0.524. The third-order valence-corrected chi connectivity index (χ3v) is 2.56. The first-order valence-corrected chi connectivity index (χ1v) is 5.93. The Morgan fingerprint density at radius 2 is 2.18 bits per heavy atom. The zero-order chi connectivity index (χ0) is 12.7. The molecule has 0 aromatic heterocycles. The van der Waals surface area contributed by atoms with Crippen LogP contribution in [0.2, 0.25) is 0 Å². The van der Waals surface area contributed by atoms with Crippen molar-refractivity contribution in [1.82, 2.24) is 0 Å². The first-order chi connectivity index (χ1) is 8.15. The number of aryl methyl sites for hydroxylation is 1. The molecule has 0 saturated carbocycles. The van der Waals surface area contributed by atoms with Gasteiger partial charge in [-0.25, -0.2) is 0 Å². The molecule has 92 valence electrons. The molecule has 17 heavy (non-hydrogen) atoms. The molecule has 1 aromatic rings. The van der Waals surface area contributed by atoms with Crippen LogP contribution < -0.4 is 4.74 Å². The number of ether oxygens (including phenoxy) is 1. The van der Waals surface area contributed by atoms with Crippen molar-refractivity contribution in [1.29, 1.82) is 5.26 Å². The average molecular weight is 233 g/mol. The molecule has 1 atom stereocenters. The number of aliphatic hydroxyl groups excluding tert-OH is 1. The predicted molar refractivity (Wildman–Crippen MR) is 66.8 cm³/mol. The standard InChI is InChI=1S/C14H19NO2/c1-11-6-7-14(13(10-11)12(2)16)17-9-5-3-4-8-15/h6-7,10,12,16H,3-5,9H2,1-2H3. The van der Waals surface area contributed by atoms with Crippen molar-refractivity contribution in [3.05, 3.63) is 29.3 Å². The third-order valence-electron chi connectivity index (χ3n) is 2.56. The Balaban J connectivity index is 2.55. The lowest BCUT2D eigenvalue weighted by atomic mass is 10.1. The van der Waals surface area contributed by atoms with Crippen molar-refractivity contribution in [3.8, 4) is 11.8 Å². The molecule has 0 bridgehead atoms. The van der Waals surface area contributed by atoms with Crippen LogP contribution in [0.3, 0.4) is 0 Å². The molecule has 1 N–H and O–H groups in total. The van der Waals surface area contributed by atoms with Crippen LogP contribution in [0.4, 0.5) is 0 Å². The largest absolute Gasteiger partial charge is 0.493 e. The van der Waals surface area contributed by atoms with Crippen LogP contribution in [0.1, 0.15) is 43.4 Å². The Morgan fingerprint density at radius 1 is 1.41 bits per heavy atom. The van der Waals surface area contributed by atoms with Crippen LogP contribution >= 0.6 is 0 Å². The van der Waals surface area contributed by atoms with Gasteiger partial charge in [-0.15, -0.1) is 0 Å². The van der Waals surface area contributed by atoms with Gasteiger partial charge in [-0.1, -0.05) is 11.6 Å². The Kier molecular flexibility index (Phi) is 5.51. The molecule has 0 spiro atoms. The van der Waals surface area contributed by atoms with Gasteiger partial charge < -0.3 is 9.84 Å². The van der Waals surface area contributed by atoms with Gasteiger partial charge in [0.2, 0.25) is 0 Å². The van der Waals surface area contributed by atoms with Crippen molar-refractivity contribution < 1.29 is 9.84 Å². The van der Waals surface area contributed by atoms with E-state index in [1.807, 2.05) is 25.1 Å². The smallest absolute Gasteiger partial charge is 0.125 e. The minimum atomic E-state index is -0.524. The lowest BCUT2D eigenvalue weighted by Gasteiger charge is -2.14. The van der Waals surface area contributed by atoms with E-state index in [2.05, 4.69) is 6.07 Å². The number of rotatable bonds is 6. The lowest BCUT2D eigenvalue weighted by molar-refractivity contribution is 0.190. The van der Waals surface area contributed by atoms with Gasteiger partial charge >= 0.3 is 0 Å². The number of nitriles is 1. The Morgan fingerprint density at radius 3 is 2.82 bits per heavy atom. The molecule has 0 saturated heterocycles. The predicted octanol–water partition coefficient (Wildman–Crippen LogP) is 3.12. The van der Waals surface area contributed by atoms with Gasteiger partial charge in [-0.3, -0.25) is 0 Å². The molecule has 0 amide bonds. The number of hydrogen-bond acceptors (Lipinski definition) is 3. The van der Waals surface area contributed by atoms with Crippen molar-refractivity contribution in [2.24, 2.45) is 0 Å². The summed E-state index contributed by atoms with van der Waals surface area (Å²) < 4.78 is 5.63. The summed E-state index contributed by atoms with van der Waals surface area (Å²) in [5, 5.41) is 18.1. The normalized spacial score (nSPS) is 11.9. The van der Waals surface area contributed by atoms with E-state index in [4.69, 9.17) is 10.00 Å². The molecular weight excluding hydrogens is 214 g/mol. The average Bonchev–Trinajstić information content (AvgIpc) is 2.30. The van der Waals surface area contributed by atoms with Gasteiger partial charge in [0, 0.05) is 12.0 Å². The highest BCUT2D eigenvalue weighted by Crippen LogP contribution is 2.26. The van der Waals surface area contributed by atoms with Crippen LogP contribution in [0, 0.1) is 18.3 Å². The van der Waals surface area contributed by atoms with Gasteiger partial charge in [-0.2, -0.15) is 5.26 Å². The summed E-state index contributed by atoms with van der Waals surface area (Å²) >= 11 is 0. The number of benzene rings is 1. The zero-order valence-corrected chi connectivity index (χ0v) is 10.4. The zero-order valence-electron chi connectivity index (χ0n) is 10.4. The Bertz CT molecular complexity index is 394. The van der Waals surface area contributed by atoms with Crippen molar-refractivity contribution in [2.45, 2.75) is 39.2 Å². The molecule has 0 aliphatic rings. The molecule has 1 aromatic carbocycles. The van der Waals surface area contributed by atoms with E-state index in [9.17, 15) is 5.11 Å². The number of aliphatic hydroxyl groups is 1. The molecule has 1 unspecified atom stereocenters. The van der Waals surface area contributed by atoms with Crippen LogP contribution in [0.15, 0.2) is 18.2 Å². The highest BCUT2D eigenvalue weighted by Gasteiger charge is 2.09. The summed E-state index contributed by atoms with van der Waals surface area (Å²) in [6.07, 6.45) is 1.76. The topological polar surface area (TPSA) is 53.2 Å². The molecule has 0 fully saturated rings. The molecule has 3 heteroatoms. The van der Waals surface area contributed by atoms with Gasteiger partial charge in [-0.05, 0) is 38.8 Å². The highest BCUT2D eigenvalue weighted by atomic mass is 16.5. The molecule has 0 heterocycles. The van der Waals surface area contributed by atoms with Gasteiger partial charge in [0.15, 0.2) is 0 Å². The van der Waals surface area contributed by atoms with E-state index in [0.717, 1.165) is 29.7 Å². The lowest BCUT2D eigenvalue weighted by Crippen LogP contribution is -2.02. The Hall–Kier alpha value is -1.53. The minimum Gasteiger partial charge on any atom is -0.493 e. The van der Waals surface area contributed by atoms with Gasteiger partial charge in [0.05, 0.1) is 18.8 Å². The van der Waals surface area contributed by atoms with E-state index < -0.39 is 6.10 Å². The summed E-state index contributed by atoms with van der Waals surface area (Å²) in [6, 6.07) is 7.91. The van der Waals surface area contributed by atoms with Gasteiger partial charge in [0.1, 0.15) is 5.75 Å². The van der Waals surface area contributed by atoms with Crippen molar-refractivity contribution in [2.75, 3.05) is 6.61 Å². The fraction of sp³-hybridized carbons (Fsp3) is 0.500. The van der Waals surface area contributed by atoms with Crippen LogP contribution in [0.25, 0.3) is 0 Å². The second-order valence-corrected chi connectivity index (χ2v) is 4.18. The van der Waals surface area contributed by atoms with Crippen molar-refractivity contribution >= 4 is 0 Å². The van der Waals surface area contributed by atoms with E-state index >= 15 is 0 Å². The third kappa shape index (κ3) is 4.46. The maximum atomic E-state index is 9.65.